The molecule has 5 aromatic rings. The molecule has 1 aliphatic heterocycles. The SMILES string of the molecule is Cc1cccc(N2CCN(C(=O)CCc3nnc4n(Cc5ccccc5Cl)c(=O)c5ccccc5n34)CC2)c1C. The van der Waals surface area contributed by atoms with Crippen molar-refractivity contribution in [3.8, 4) is 0 Å². The molecule has 1 amide bonds. The first-order chi connectivity index (χ1) is 19.4. The van der Waals surface area contributed by atoms with Crippen LogP contribution in [0.5, 0.6) is 0 Å². The molecule has 0 saturated carbocycles. The molecule has 6 rings (SSSR count). The van der Waals surface area contributed by atoms with Crippen LogP contribution in [0, 0.1) is 13.8 Å². The highest BCUT2D eigenvalue weighted by molar-refractivity contribution is 6.31. The quantitative estimate of drug-likeness (QED) is 0.305. The summed E-state index contributed by atoms with van der Waals surface area (Å²) in [5.41, 5.74) is 5.22. The van der Waals surface area contributed by atoms with Crippen LogP contribution in [0.1, 0.15) is 28.9 Å². The number of nitrogens with zero attached hydrogens (tertiary/aromatic N) is 6. The number of fused-ring (bicyclic) bond motifs is 3. The van der Waals surface area contributed by atoms with Gasteiger partial charge in [0.1, 0.15) is 5.82 Å². The summed E-state index contributed by atoms with van der Waals surface area (Å²) in [6, 6.07) is 21.3. The van der Waals surface area contributed by atoms with Crippen molar-refractivity contribution in [1.82, 2.24) is 24.1 Å². The van der Waals surface area contributed by atoms with E-state index in [1.54, 1.807) is 4.57 Å². The smallest absolute Gasteiger partial charge is 0.263 e. The summed E-state index contributed by atoms with van der Waals surface area (Å²) in [5, 5.41) is 10.00. The van der Waals surface area contributed by atoms with Gasteiger partial charge in [-0.1, -0.05) is 54.1 Å². The molecule has 0 radical (unpaired) electrons. The maximum absolute atomic E-state index is 13.5. The number of rotatable bonds is 6. The van der Waals surface area contributed by atoms with Gasteiger partial charge >= 0.3 is 0 Å². The Hall–Kier alpha value is -4.17. The molecule has 1 aliphatic rings. The van der Waals surface area contributed by atoms with Gasteiger partial charge in [-0.05, 0) is 54.8 Å². The Morgan fingerprint density at radius 1 is 0.900 bits per heavy atom. The number of aryl methyl sites for hydroxylation is 2. The Balaban J connectivity index is 1.23. The number of halogens is 1. The van der Waals surface area contributed by atoms with Crippen LogP contribution in [0.3, 0.4) is 0 Å². The van der Waals surface area contributed by atoms with Crippen LogP contribution in [0.25, 0.3) is 16.7 Å². The predicted octanol–water partition coefficient (Wildman–Crippen LogP) is 4.64. The molecule has 0 atom stereocenters. The lowest BCUT2D eigenvalue weighted by atomic mass is 10.1. The van der Waals surface area contributed by atoms with Crippen molar-refractivity contribution in [1.29, 1.82) is 0 Å². The Morgan fingerprint density at radius 2 is 1.65 bits per heavy atom. The normalized spacial score (nSPS) is 13.9. The predicted molar refractivity (Wildman–Crippen MR) is 158 cm³/mol. The number of piperazine rings is 1. The second-order valence-corrected chi connectivity index (χ2v) is 10.7. The van der Waals surface area contributed by atoms with Crippen LogP contribution >= 0.6 is 11.6 Å². The zero-order valence-electron chi connectivity index (χ0n) is 22.7. The van der Waals surface area contributed by atoms with E-state index in [2.05, 4.69) is 47.1 Å². The Labute approximate surface area is 237 Å². The van der Waals surface area contributed by atoms with Crippen molar-refractivity contribution in [2.75, 3.05) is 31.1 Å². The second kappa shape index (κ2) is 10.8. The minimum Gasteiger partial charge on any atom is -0.368 e. The highest BCUT2D eigenvalue weighted by atomic mass is 35.5. The molecule has 0 bridgehead atoms. The molecule has 1 fully saturated rings. The van der Waals surface area contributed by atoms with Crippen LogP contribution in [0.2, 0.25) is 5.02 Å². The van der Waals surface area contributed by atoms with Crippen LogP contribution in [0.15, 0.2) is 71.5 Å². The lowest BCUT2D eigenvalue weighted by Gasteiger charge is -2.37. The molecule has 2 aromatic heterocycles. The second-order valence-electron chi connectivity index (χ2n) is 10.3. The van der Waals surface area contributed by atoms with Gasteiger partial charge in [-0.2, -0.15) is 0 Å². The maximum Gasteiger partial charge on any atom is 0.263 e. The Kier molecular flexibility index (Phi) is 7.02. The summed E-state index contributed by atoms with van der Waals surface area (Å²) < 4.78 is 3.51. The highest BCUT2D eigenvalue weighted by Crippen LogP contribution is 2.24. The van der Waals surface area contributed by atoms with Crippen molar-refractivity contribution >= 4 is 39.9 Å². The summed E-state index contributed by atoms with van der Waals surface area (Å²) in [4.78, 5) is 31.0. The van der Waals surface area contributed by atoms with Crippen LogP contribution in [-0.4, -0.2) is 56.2 Å². The van der Waals surface area contributed by atoms with Gasteiger partial charge in [0, 0.05) is 49.7 Å². The van der Waals surface area contributed by atoms with Crippen molar-refractivity contribution in [2.45, 2.75) is 33.2 Å². The fourth-order valence-corrected chi connectivity index (χ4v) is 5.76. The monoisotopic (exact) mass is 554 g/mol. The van der Waals surface area contributed by atoms with Gasteiger partial charge in [0.15, 0.2) is 0 Å². The number of para-hydroxylation sites is 1. The van der Waals surface area contributed by atoms with Gasteiger partial charge in [-0.3, -0.25) is 18.6 Å². The van der Waals surface area contributed by atoms with Gasteiger partial charge in [-0.15, -0.1) is 10.2 Å². The molecule has 40 heavy (non-hydrogen) atoms. The molecular formula is C31H31ClN6O2. The lowest BCUT2D eigenvalue weighted by molar-refractivity contribution is -0.131. The molecule has 0 N–H and O–H groups in total. The van der Waals surface area contributed by atoms with E-state index in [0.29, 0.717) is 47.9 Å². The van der Waals surface area contributed by atoms with E-state index in [1.165, 1.54) is 16.8 Å². The Bertz CT molecular complexity index is 1780. The fraction of sp³-hybridized carbons (Fsp3) is 0.290. The largest absolute Gasteiger partial charge is 0.368 e. The van der Waals surface area contributed by atoms with E-state index in [4.69, 9.17) is 11.6 Å². The zero-order valence-corrected chi connectivity index (χ0v) is 23.4. The third-order valence-electron chi connectivity index (χ3n) is 7.97. The average Bonchev–Trinajstić information content (AvgIpc) is 3.40. The van der Waals surface area contributed by atoms with Gasteiger partial charge < -0.3 is 9.80 Å². The van der Waals surface area contributed by atoms with E-state index in [9.17, 15) is 9.59 Å². The first kappa shape index (κ1) is 26.1. The van der Waals surface area contributed by atoms with E-state index in [0.717, 1.165) is 24.2 Å². The molecule has 0 spiro atoms. The molecule has 0 aliphatic carbocycles. The number of carbonyl (C=O) groups is 1. The van der Waals surface area contributed by atoms with Crippen molar-refractivity contribution in [3.05, 3.63) is 105 Å². The minimum atomic E-state index is -0.153. The summed E-state index contributed by atoms with van der Waals surface area (Å²) in [6.45, 7) is 7.55. The summed E-state index contributed by atoms with van der Waals surface area (Å²) >= 11 is 6.41. The topological polar surface area (TPSA) is 75.7 Å². The summed E-state index contributed by atoms with van der Waals surface area (Å²) in [6.07, 6.45) is 0.744. The van der Waals surface area contributed by atoms with Crippen LogP contribution in [0.4, 0.5) is 5.69 Å². The summed E-state index contributed by atoms with van der Waals surface area (Å²) in [5.74, 6) is 1.20. The zero-order chi connectivity index (χ0) is 27.8. The first-order valence-electron chi connectivity index (χ1n) is 13.6. The van der Waals surface area contributed by atoms with E-state index >= 15 is 0 Å². The molecule has 204 valence electrons. The minimum absolute atomic E-state index is 0.103. The maximum atomic E-state index is 13.5. The number of benzene rings is 3. The molecular weight excluding hydrogens is 524 g/mol. The van der Waals surface area contributed by atoms with Gasteiger partial charge in [0.25, 0.3) is 5.56 Å². The number of aromatic nitrogens is 4. The van der Waals surface area contributed by atoms with E-state index in [1.807, 2.05) is 57.8 Å². The fourth-order valence-electron chi connectivity index (χ4n) is 5.57. The molecule has 9 heteroatoms. The lowest BCUT2D eigenvalue weighted by Crippen LogP contribution is -2.49. The van der Waals surface area contributed by atoms with Gasteiger partial charge in [-0.25, -0.2) is 0 Å². The number of anilines is 1. The standard InChI is InChI=1S/C31H31ClN6O2/c1-21-8-7-13-26(22(21)2)35-16-18-36(19-17-35)29(39)15-14-28-33-34-31-37(20-23-9-3-5-11-25(23)32)30(40)24-10-4-6-12-27(24)38(28)31/h3-13H,14-20H2,1-2H3. The average molecular weight is 555 g/mol. The van der Waals surface area contributed by atoms with Crippen molar-refractivity contribution < 1.29 is 4.79 Å². The number of amides is 1. The number of hydrogen-bond acceptors (Lipinski definition) is 5. The van der Waals surface area contributed by atoms with Crippen molar-refractivity contribution in [2.24, 2.45) is 0 Å². The third-order valence-corrected chi connectivity index (χ3v) is 8.34. The highest BCUT2D eigenvalue weighted by Gasteiger charge is 2.23. The molecule has 0 unspecified atom stereocenters. The first-order valence-corrected chi connectivity index (χ1v) is 14.0. The van der Waals surface area contributed by atoms with Crippen molar-refractivity contribution in [3.63, 3.8) is 0 Å². The number of carbonyl (C=O) groups excluding carboxylic acids is 1. The molecule has 1 saturated heterocycles. The molecule has 3 aromatic carbocycles. The number of hydrogen-bond donors (Lipinski definition) is 0. The molecule has 8 nitrogen and oxygen atoms in total. The summed E-state index contributed by atoms with van der Waals surface area (Å²) in [7, 11) is 0. The Morgan fingerprint density at radius 3 is 2.45 bits per heavy atom. The van der Waals surface area contributed by atoms with Gasteiger partial charge in [0.05, 0.1) is 17.4 Å². The van der Waals surface area contributed by atoms with Crippen LogP contribution < -0.4 is 10.5 Å². The third kappa shape index (κ3) is 4.73. The van der Waals surface area contributed by atoms with E-state index in [-0.39, 0.29) is 18.0 Å². The molecule has 3 heterocycles. The van der Waals surface area contributed by atoms with Gasteiger partial charge in [0.2, 0.25) is 11.7 Å². The van der Waals surface area contributed by atoms with E-state index < -0.39 is 0 Å². The van der Waals surface area contributed by atoms with Crippen LogP contribution in [-0.2, 0) is 17.8 Å².